The number of phenolic OH excluding ortho intramolecular Hbond substituents is 1. The Morgan fingerprint density at radius 3 is 2.57 bits per heavy atom. The molecule has 0 aliphatic carbocycles. The van der Waals surface area contributed by atoms with Gasteiger partial charge in [-0.2, -0.15) is 13.2 Å². The normalized spacial score (nSPS) is 11.3. The summed E-state index contributed by atoms with van der Waals surface area (Å²) in [4.78, 5) is 11.8. The van der Waals surface area contributed by atoms with Crippen LogP contribution in [-0.2, 0) is 10.9 Å². The number of hydrogen-bond acceptors (Lipinski definition) is 3. The van der Waals surface area contributed by atoms with Crippen molar-refractivity contribution in [3.05, 3.63) is 52.0 Å². The maximum atomic E-state index is 12.8. The van der Waals surface area contributed by atoms with E-state index in [0.717, 1.165) is 12.1 Å². The average molecular weight is 389 g/mol. The van der Waals surface area contributed by atoms with Crippen molar-refractivity contribution in [2.24, 2.45) is 0 Å². The van der Waals surface area contributed by atoms with Gasteiger partial charge in [-0.1, -0.05) is 12.1 Å². The van der Waals surface area contributed by atoms with E-state index in [1.165, 1.54) is 24.3 Å². The second kappa shape index (κ2) is 6.62. The van der Waals surface area contributed by atoms with Gasteiger partial charge in [0.25, 0.3) is 0 Å². The molecule has 122 valence electrons. The average Bonchev–Trinajstić information content (AvgIpc) is 2.49. The maximum absolute atomic E-state index is 12.8. The number of halogens is 4. The van der Waals surface area contributed by atoms with E-state index in [2.05, 4.69) is 15.9 Å². The Bertz CT molecular complexity index is 742. The molecule has 2 aromatic rings. The minimum atomic E-state index is -4.50. The molecule has 23 heavy (non-hydrogen) atoms. The molecule has 7 heteroatoms. The molecule has 0 aliphatic heterocycles. The number of rotatable bonds is 3. The Kier molecular flexibility index (Phi) is 4.99. The number of alkyl halides is 3. The molecule has 0 amide bonds. The van der Waals surface area contributed by atoms with Gasteiger partial charge in [0, 0.05) is 5.56 Å². The van der Waals surface area contributed by atoms with E-state index < -0.39 is 17.7 Å². The van der Waals surface area contributed by atoms with Crippen molar-refractivity contribution in [1.82, 2.24) is 0 Å². The second-order valence-corrected chi connectivity index (χ2v) is 5.51. The number of ether oxygens (including phenoxy) is 1. The van der Waals surface area contributed by atoms with Crippen LogP contribution in [0.25, 0.3) is 11.1 Å². The summed E-state index contributed by atoms with van der Waals surface area (Å²) in [5.74, 6) is -0.876. The monoisotopic (exact) mass is 388 g/mol. The van der Waals surface area contributed by atoms with Gasteiger partial charge in [-0.3, -0.25) is 0 Å². The summed E-state index contributed by atoms with van der Waals surface area (Å²) in [6.07, 6.45) is -4.50. The number of carbonyl (C=O) groups excluding carboxylic acids is 1. The zero-order valence-corrected chi connectivity index (χ0v) is 13.5. The van der Waals surface area contributed by atoms with Crippen molar-refractivity contribution in [2.45, 2.75) is 13.1 Å². The van der Waals surface area contributed by atoms with Crippen molar-refractivity contribution in [3.63, 3.8) is 0 Å². The fraction of sp³-hybridized carbons (Fsp3) is 0.188. The number of aromatic hydroxyl groups is 1. The van der Waals surface area contributed by atoms with Crippen LogP contribution in [0.15, 0.2) is 40.9 Å². The van der Waals surface area contributed by atoms with Gasteiger partial charge in [0.1, 0.15) is 5.75 Å². The van der Waals surface area contributed by atoms with Gasteiger partial charge in [-0.15, -0.1) is 0 Å². The molecule has 0 bridgehead atoms. The third-order valence-electron chi connectivity index (χ3n) is 3.08. The van der Waals surface area contributed by atoms with Crippen LogP contribution in [0, 0.1) is 0 Å². The molecular weight excluding hydrogens is 377 g/mol. The molecule has 0 spiro atoms. The van der Waals surface area contributed by atoms with E-state index in [9.17, 15) is 23.1 Å². The first-order chi connectivity index (χ1) is 10.7. The Morgan fingerprint density at radius 1 is 1.26 bits per heavy atom. The Labute approximate surface area is 138 Å². The van der Waals surface area contributed by atoms with Crippen LogP contribution in [0.3, 0.4) is 0 Å². The lowest BCUT2D eigenvalue weighted by atomic mass is 10.00. The molecule has 1 N–H and O–H groups in total. The summed E-state index contributed by atoms with van der Waals surface area (Å²) in [5.41, 5.74) is -0.464. The molecule has 3 nitrogen and oxygen atoms in total. The summed E-state index contributed by atoms with van der Waals surface area (Å²) in [6.45, 7) is 1.80. The predicted octanol–water partition coefficient (Wildman–Crippen LogP) is 5.02. The van der Waals surface area contributed by atoms with Crippen molar-refractivity contribution < 1.29 is 27.8 Å². The number of hydrogen-bond donors (Lipinski definition) is 1. The van der Waals surface area contributed by atoms with Gasteiger partial charge < -0.3 is 9.84 Å². The van der Waals surface area contributed by atoms with Crippen LogP contribution in [0.5, 0.6) is 5.75 Å². The van der Waals surface area contributed by atoms with Crippen molar-refractivity contribution in [2.75, 3.05) is 6.61 Å². The van der Waals surface area contributed by atoms with Crippen molar-refractivity contribution >= 4 is 21.9 Å². The van der Waals surface area contributed by atoms with Crippen LogP contribution in [0.2, 0.25) is 0 Å². The molecule has 0 fully saturated rings. The minimum absolute atomic E-state index is 0.105. The minimum Gasteiger partial charge on any atom is -0.506 e. The van der Waals surface area contributed by atoms with Gasteiger partial charge in [-0.05, 0) is 52.7 Å². The van der Waals surface area contributed by atoms with Gasteiger partial charge in [0.15, 0.2) is 0 Å². The van der Waals surface area contributed by atoms with Crippen LogP contribution < -0.4 is 0 Å². The molecule has 0 atom stereocenters. The highest BCUT2D eigenvalue weighted by molar-refractivity contribution is 9.10. The van der Waals surface area contributed by atoms with Crippen LogP contribution in [0.1, 0.15) is 22.8 Å². The zero-order valence-electron chi connectivity index (χ0n) is 11.9. The predicted molar refractivity (Wildman–Crippen MR) is 82.2 cm³/mol. The quantitative estimate of drug-likeness (QED) is 0.751. The summed E-state index contributed by atoms with van der Waals surface area (Å²) >= 11 is 3.09. The summed E-state index contributed by atoms with van der Waals surface area (Å²) in [5, 5.41) is 10.1. The number of carbonyl (C=O) groups is 1. The first-order valence-corrected chi connectivity index (χ1v) is 7.40. The molecule has 2 aromatic carbocycles. The van der Waals surface area contributed by atoms with E-state index in [1.807, 2.05) is 0 Å². The van der Waals surface area contributed by atoms with Crippen LogP contribution in [0.4, 0.5) is 13.2 Å². The topological polar surface area (TPSA) is 46.5 Å². The van der Waals surface area contributed by atoms with Crippen LogP contribution >= 0.6 is 15.9 Å². The summed E-state index contributed by atoms with van der Waals surface area (Å²) < 4.78 is 43.5. The molecule has 0 heterocycles. The standard InChI is InChI=1S/C16H12BrF3O3/c1-2-23-15(22)10-7-12(14(21)13(17)8-10)9-4-3-5-11(6-9)16(18,19)20/h3-8,21H,2H2,1H3. The molecule has 0 aliphatic rings. The zero-order chi connectivity index (χ0) is 17.2. The van der Waals surface area contributed by atoms with Gasteiger partial charge in [0.05, 0.1) is 22.2 Å². The SMILES string of the molecule is CCOC(=O)c1cc(Br)c(O)c(-c2cccc(C(F)(F)F)c2)c1. The lowest BCUT2D eigenvalue weighted by Crippen LogP contribution is -2.06. The fourth-order valence-electron chi connectivity index (χ4n) is 2.01. The van der Waals surface area contributed by atoms with Gasteiger partial charge in [0.2, 0.25) is 0 Å². The first kappa shape index (κ1) is 17.3. The van der Waals surface area contributed by atoms with E-state index in [4.69, 9.17) is 4.74 Å². The third kappa shape index (κ3) is 3.85. The van der Waals surface area contributed by atoms with Gasteiger partial charge >= 0.3 is 12.1 Å². The third-order valence-corrected chi connectivity index (χ3v) is 3.68. The first-order valence-electron chi connectivity index (χ1n) is 6.61. The highest BCUT2D eigenvalue weighted by atomic mass is 79.9. The van der Waals surface area contributed by atoms with Crippen LogP contribution in [-0.4, -0.2) is 17.7 Å². The molecule has 2 rings (SSSR count). The van der Waals surface area contributed by atoms with Crippen molar-refractivity contribution in [1.29, 1.82) is 0 Å². The Morgan fingerprint density at radius 2 is 1.96 bits per heavy atom. The lowest BCUT2D eigenvalue weighted by molar-refractivity contribution is -0.137. The Balaban J connectivity index is 2.57. The lowest BCUT2D eigenvalue weighted by Gasteiger charge is -2.12. The second-order valence-electron chi connectivity index (χ2n) is 4.65. The molecular formula is C16H12BrF3O3. The molecule has 0 aromatic heterocycles. The molecule has 0 unspecified atom stereocenters. The van der Waals surface area contributed by atoms with Gasteiger partial charge in [-0.25, -0.2) is 4.79 Å². The molecule has 0 saturated heterocycles. The highest BCUT2D eigenvalue weighted by Gasteiger charge is 2.30. The van der Waals surface area contributed by atoms with E-state index in [1.54, 1.807) is 6.92 Å². The fourth-order valence-corrected chi connectivity index (χ4v) is 2.47. The molecule has 0 saturated carbocycles. The number of benzene rings is 2. The summed E-state index contributed by atoms with van der Waals surface area (Å²) in [6, 6.07) is 7.16. The Hall–Kier alpha value is -2.02. The molecule has 0 radical (unpaired) electrons. The maximum Gasteiger partial charge on any atom is 0.416 e. The smallest absolute Gasteiger partial charge is 0.416 e. The van der Waals surface area contributed by atoms with E-state index in [0.29, 0.717) is 0 Å². The van der Waals surface area contributed by atoms with E-state index in [-0.39, 0.29) is 33.5 Å². The largest absolute Gasteiger partial charge is 0.506 e. The summed E-state index contributed by atoms with van der Waals surface area (Å²) in [7, 11) is 0. The van der Waals surface area contributed by atoms with Crippen molar-refractivity contribution in [3.8, 4) is 16.9 Å². The highest BCUT2D eigenvalue weighted by Crippen LogP contribution is 2.39. The number of phenols is 1. The van der Waals surface area contributed by atoms with E-state index >= 15 is 0 Å². The number of esters is 1.